The van der Waals surface area contributed by atoms with E-state index in [0.717, 1.165) is 32.1 Å². The molecule has 128 valence electrons. The zero-order valence-electron chi connectivity index (χ0n) is 13.8. The molecule has 3 atom stereocenters. The number of carbonyl (C=O) groups is 1. The Morgan fingerprint density at radius 3 is 2.64 bits per heavy atom. The van der Waals surface area contributed by atoms with Gasteiger partial charge in [0, 0.05) is 18.6 Å². The first-order chi connectivity index (χ1) is 10.3. The molecule has 4 nitrogen and oxygen atoms in total. The monoisotopic (exact) mass is 318 g/mol. The van der Waals surface area contributed by atoms with Crippen molar-refractivity contribution >= 4 is 6.09 Å². The van der Waals surface area contributed by atoms with E-state index in [1.165, 1.54) is 0 Å². The van der Waals surface area contributed by atoms with Crippen molar-refractivity contribution in [1.82, 2.24) is 10.2 Å². The molecule has 22 heavy (non-hydrogen) atoms. The number of amides is 1. The van der Waals surface area contributed by atoms with Crippen molar-refractivity contribution in [3.8, 4) is 0 Å². The van der Waals surface area contributed by atoms with Crippen molar-refractivity contribution in [2.24, 2.45) is 5.92 Å². The Kier molecular flexibility index (Phi) is 5.64. The molecule has 0 aromatic rings. The van der Waals surface area contributed by atoms with E-state index in [-0.39, 0.29) is 30.6 Å². The molecular weight excluding hydrogens is 290 g/mol. The summed E-state index contributed by atoms with van der Waals surface area (Å²) in [6.45, 7) is 6.02. The lowest BCUT2D eigenvalue weighted by molar-refractivity contribution is 0.0162. The van der Waals surface area contributed by atoms with Crippen LogP contribution in [0.2, 0.25) is 0 Å². The Hall–Kier alpha value is -0.910. The number of ether oxygens (including phenoxy) is 1. The van der Waals surface area contributed by atoms with Crippen LogP contribution < -0.4 is 5.32 Å². The fraction of sp³-hybridized carbons (Fsp3) is 0.938. The average molecular weight is 318 g/mol. The Bertz CT molecular complexity index is 385. The summed E-state index contributed by atoms with van der Waals surface area (Å²) in [5, 5.41) is 2.99. The molecule has 2 fully saturated rings. The summed E-state index contributed by atoms with van der Waals surface area (Å²) in [5.41, 5.74) is -0.507. The fourth-order valence-electron chi connectivity index (χ4n) is 3.73. The number of nitrogens with one attached hydrogen (secondary N) is 1. The summed E-state index contributed by atoms with van der Waals surface area (Å²) in [4.78, 5) is 14.2. The lowest BCUT2D eigenvalue weighted by Gasteiger charge is -2.34. The topological polar surface area (TPSA) is 41.6 Å². The normalized spacial score (nSPS) is 29.4. The molecule has 1 saturated heterocycles. The summed E-state index contributed by atoms with van der Waals surface area (Å²) >= 11 is 0. The second-order valence-corrected chi connectivity index (χ2v) is 7.38. The van der Waals surface area contributed by atoms with Crippen LogP contribution in [0.3, 0.4) is 0 Å². The fourth-order valence-corrected chi connectivity index (χ4v) is 3.73. The van der Waals surface area contributed by atoms with Crippen LogP contribution in [0, 0.1) is 5.92 Å². The molecule has 1 saturated carbocycles. The molecule has 1 amide bonds. The maximum absolute atomic E-state index is 12.4. The molecular formula is C16H28F2N2O2. The van der Waals surface area contributed by atoms with Gasteiger partial charge in [0.05, 0.1) is 6.54 Å². The molecule has 0 radical (unpaired) electrons. The van der Waals surface area contributed by atoms with Gasteiger partial charge >= 0.3 is 6.09 Å². The molecule has 0 aromatic carbocycles. The second kappa shape index (κ2) is 7.11. The zero-order valence-corrected chi connectivity index (χ0v) is 13.8. The van der Waals surface area contributed by atoms with Gasteiger partial charge in [0.1, 0.15) is 5.60 Å². The van der Waals surface area contributed by atoms with Gasteiger partial charge in [-0.3, -0.25) is 0 Å². The third-order valence-corrected chi connectivity index (χ3v) is 4.53. The predicted octanol–water partition coefficient (Wildman–Crippen LogP) is 3.41. The third kappa shape index (κ3) is 4.54. The van der Waals surface area contributed by atoms with Gasteiger partial charge in [-0.2, -0.15) is 0 Å². The maximum atomic E-state index is 12.4. The number of hydrogen-bond donors (Lipinski definition) is 1. The second-order valence-electron chi connectivity index (χ2n) is 7.38. The van der Waals surface area contributed by atoms with Crippen molar-refractivity contribution in [3.05, 3.63) is 0 Å². The van der Waals surface area contributed by atoms with Crippen LogP contribution in [0.1, 0.15) is 52.9 Å². The van der Waals surface area contributed by atoms with Gasteiger partial charge in [0.25, 0.3) is 6.43 Å². The van der Waals surface area contributed by atoms with E-state index in [1.54, 1.807) is 0 Å². The SMILES string of the molecule is CC(C)(C)OC(=O)N1CCCC1C1CCCC1NCC(F)F. The number of halogens is 2. The molecule has 1 aliphatic heterocycles. The molecule has 0 aromatic heterocycles. The van der Waals surface area contributed by atoms with Crippen LogP contribution in [0.15, 0.2) is 0 Å². The van der Waals surface area contributed by atoms with Gasteiger partial charge in [0.2, 0.25) is 0 Å². The minimum absolute atomic E-state index is 0.0852. The van der Waals surface area contributed by atoms with Crippen LogP contribution in [-0.4, -0.2) is 48.2 Å². The Morgan fingerprint density at radius 1 is 1.27 bits per heavy atom. The zero-order chi connectivity index (χ0) is 16.3. The van der Waals surface area contributed by atoms with E-state index < -0.39 is 12.0 Å². The summed E-state index contributed by atoms with van der Waals surface area (Å²) in [5.74, 6) is 0.258. The van der Waals surface area contributed by atoms with Crippen LogP contribution >= 0.6 is 0 Å². The van der Waals surface area contributed by atoms with Crippen LogP contribution in [0.4, 0.5) is 13.6 Å². The van der Waals surface area contributed by atoms with Gasteiger partial charge < -0.3 is 15.0 Å². The first kappa shape index (κ1) is 17.4. The van der Waals surface area contributed by atoms with Crippen molar-refractivity contribution in [1.29, 1.82) is 0 Å². The molecule has 1 N–H and O–H groups in total. The lowest BCUT2D eigenvalue weighted by atomic mass is 9.92. The van der Waals surface area contributed by atoms with E-state index in [1.807, 2.05) is 25.7 Å². The van der Waals surface area contributed by atoms with Gasteiger partial charge in [-0.1, -0.05) is 6.42 Å². The van der Waals surface area contributed by atoms with Crippen molar-refractivity contribution in [2.45, 2.75) is 77.0 Å². The third-order valence-electron chi connectivity index (χ3n) is 4.53. The minimum Gasteiger partial charge on any atom is -0.444 e. The Morgan fingerprint density at radius 2 is 2.00 bits per heavy atom. The summed E-state index contributed by atoms with van der Waals surface area (Å²) < 4.78 is 30.4. The molecule has 2 rings (SSSR count). The first-order valence-corrected chi connectivity index (χ1v) is 8.29. The number of rotatable bonds is 4. The number of hydrogen-bond acceptors (Lipinski definition) is 3. The number of likely N-dealkylation sites (tertiary alicyclic amines) is 1. The van der Waals surface area contributed by atoms with Crippen LogP contribution in [0.5, 0.6) is 0 Å². The maximum Gasteiger partial charge on any atom is 0.410 e. The smallest absolute Gasteiger partial charge is 0.410 e. The van der Waals surface area contributed by atoms with Gasteiger partial charge in [-0.05, 0) is 52.4 Å². The van der Waals surface area contributed by atoms with Crippen LogP contribution in [-0.2, 0) is 4.74 Å². The highest BCUT2D eigenvalue weighted by molar-refractivity contribution is 5.69. The molecule has 2 aliphatic rings. The molecule has 1 aliphatic carbocycles. The lowest BCUT2D eigenvalue weighted by Crippen LogP contribution is -2.48. The number of nitrogens with zero attached hydrogens (tertiary/aromatic N) is 1. The van der Waals surface area contributed by atoms with E-state index in [2.05, 4.69) is 5.32 Å². The highest BCUT2D eigenvalue weighted by atomic mass is 19.3. The average Bonchev–Trinajstić information content (AvgIpc) is 3.02. The molecule has 3 unspecified atom stereocenters. The van der Waals surface area contributed by atoms with E-state index >= 15 is 0 Å². The van der Waals surface area contributed by atoms with E-state index in [0.29, 0.717) is 6.54 Å². The number of alkyl halides is 2. The molecule has 0 spiro atoms. The molecule has 1 heterocycles. The van der Waals surface area contributed by atoms with Crippen molar-refractivity contribution < 1.29 is 18.3 Å². The van der Waals surface area contributed by atoms with Gasteiger partial charge in [-0.15, -0.1) is 0 Å². The summed E-state index contributed by atoms with van der Waals surface area (Å²) in [6.07, 6.45) is 2.24. The Labute approximate surface area is 131 Å². The molecule has 0 bridgehead atoms. The standard InChI is InChI=1S/C16H28F2N2O2/c1-16(2,3)22-15(21)20-9-5-8-13(20)11-6-4-7-12(11)19-10-14(17)18/h11-14,19H,4-10H2,1-3H3. The predicted molar refractivity (Wildman–Crippen MR) is 81.1 cm³/mol. The highest BCUT2D eigenvalue weighted by Gasteiger charge is 2.42. The van der Waals surface area contributed by atoms with Crippen LogP contribution in [0.25, 0.3) is 0 Å². The largest absolute Gasteiger partial charge is 0.444 e. The minimum atomic E-state index is -2.33. The quantitative estimate of drug-likeness (QED) is 0.863. The Balaban J connectivity index is 1.98. The summed E-state index contributed by atoms with van der Waals surface area (Å²) in [7, 11) is 0. The first-order valence-electron chi connectivity index (χ1n) is 8.29. The van der Waals surface area contributed by atoms with E-state index in [4.69, 9.17) is 4.74 Å². The van der Waals surface area contributed by atoms with Gasteiger partial charge in [0.15, 0.2) is 0 Å². The highest BCUT2D eigenvalue weighted by Crippen LogP contribution is 2.36. The number of carbonyl (C=O) groups excluding carboxylic acids is 1. The van der Waals surface area contributed by atoms with E-state index in [9.17, 15) is 13.6 Å². The van der Waals surface area contributed by atoms with Gasteiger partial charge in [-0.25, -0.2) is 13.6 Å². The molecule has 6 heteroatoms. The summed E-state index contributed by atoms with van der Waals surface area (Å²) in [6, 6.07) is 0.203. The van der Waals surface area contributed by atoms with Crippen molar-refractivity contribution in [2.75, 3.05) is 13.1 Å². The van der Waals surface area contributed by atoms with Crippen molar-refractivity contribution in [3.63, 3.8) is 0 Å².